The van der Waals surface area contributed by atoms with Crippen molar-refractivity contribution < 1.29 is 9.59 Å². The Hall–Kier alpha value is -3.74. The molecule has 0 aliphatic carbocycles. The molecule has 0 saturated carbocycles. The molecular formula is C22H22N4O3. The second-order valence-corrected chi connectivity index (χ2v) is 6.32. The Morgan fingerprint density at radius 1 is 0.966 bits per heavy atom. The molecule has 0 aliphatic heterocycles. The average molecular weight is 390 g/mol. The van der Waals surface area contributed by atoms with Crippen LogP contribution in [0.25, 0.3) is 5.69 Å². The summed E-state index contributed by atoms with van der Waals surface area (Å²) in [5.74, 6) is -0.566. The van der Waals surface area contributed by atoms with Gasteiger partial charge in [-0.25, -0.2) is 0 Å². The zero-order chi connectivity index (χ0) is 20.8. The third-order valence-corrected chi connectivity index (χ3v) is 4.45. The van der Waals surface area contributed by atoms with E-state index in [1.54, 1.807) is 53.4 Å². The number of carbonyl (C=O) groups is 2. The van der Waals surface area contributed by atoms with Crippen LogP contribution in [0, 0.1) is 0 Å². The van der Waals surface area contributed by atoms with E-state index in [2.05, 4.69) is 10.4 Å². The lowest BCUT2D eigenvalue weighted by Crippen LogP contribution is -2.30. The van der Waals surface area contributed by atoms with E-state index >= 15 is 0 Å². The van der Waals surface area contributed by atoms with Crippen LogP contribution >= 0.6 is 0 Å². The SMILES string of the molecule is CCN(CC)C(=O)c1cccc(NC(=O)c2ccc(=O)n(-c3ccccc3)n2)c1. The smallest absolute Gasteiger partial charge is 0.276 e. The minimum atomic E-state index is -0.470. The second-order valence-electron chi connectivity index (χ2n) is 6.32. The summed E-state index contributed by atoms with van der Waals surface area (Å²) < 4.78 is 1.18. The van der Waals surface area contributed by atoms with E-state index < -0.39 is 5.91 Å². The molecule has 0 saturated heterocycles. The number of aromatic nitrogens is 2. The van der Waals surface area contributed by atoms with E-state index in [1.165, 1.54) is 16.8 Å². The molecule has 2 amide bonds. The molecule has 0 spiro atoms. The molecule has 0 bridgehead atoms. The molecule has 3 rings (SSSR count). The first-order valence-electron chi connectivity index (χ1n) is 9.40. The van der Waals surface area contributed by atoms with E-state index in [4.69, 9.17) is 0 Å². The van der Waals surface area contributed by atoms with Crippen LogP contribution < -0.4 is 10.9 Å². The van der Waals surface area contributed by atoms with E-state index in [0.717, 1.165) is 0 Å². The standard InChI is InChI=1S/C22H22N4O3/c1-3-25(4-2)22(29)16-9-8-10-17(15-16)23-21(28)19-13-14-20(27)26(24-19)18-11-6-5-7-12-18/h5-15H,3-4H2,1-2H3,(H,23,28). The number of nitrogens with zero attached hydrogens (tertiary/aromatic N) is 3. The van der Waals surface area contributed by atoms with Gasteiger partial charge in [-0.05, 0) is 50.2 Å². The van der Waals surface area contributed by atoms with Crippen LogP contribution in [-0.4, -0.2) is 39.6 Å². The molecule has 148 valence electrons. The Morgan fingerprint density at radius 2 is 1.69 bits per heavy atom. The molecular weight excluding hydrogens is 368 g/mol. The van der Waals surface area contributed by atoms with Crippen LogP contribution in [0.4, 0.5) is 5.69 Å². The Kier molecular flexibility index (Phi) is 6.19. The molecule has 1 N–H and O–H groups in total. The van der Waals surface area contributed by atoms with Crippen molar-refractivity contribution in [3.8, 4) is 5.69 Å². The molecule has 0 atom stereocenters. The second kappa shape index (κ2) is 8.97. The van der Waals surface area contributed by atoms with Crippen molar-refractivity contribution in [2.24, 2.45) is 0 Å². The topological polar surface area (TPSA) is 84.3 Å². The largest absolute Gasteiger partial charge is 0.339 e. The molecule has 7 nitrogen and oxygen atoms in total. The quantitative estimate of drug-likeness (QED) is 0.701. The van der Waals surface area contributed by atoms with Gasteiger partial charge in [-0.2, -0.15) is 9.78 Å². The van der Waals surface area contributed by atoms with Crippen molar-refractivity contribution in [1.29, 1.82) is 0 Å². The van der Waals surface area contributed by atoms with Gasteiger partial charge in [-0.1, -0.05) is 24.3 Å². The first-order chi connectivity index (χ1) is 14.0. The first kappa shape index (κ1) is 20.0. The number of carbonyl (C=O) groups excluding carboxylic acids is 2. The average Bonchev–Trinajstić information content (AvgIpc) is 2.75. The predicted octanol–water partition coefficient (Wildman–Crippen LogP) is 2.97. The zero-order valence-electron chi connectivity index (χ0n) is 16.3. The highest BCUT2D eigenvalue weighted by Gasteiger charge is 2.15. The van der Waals surface area contributed by atoms with Gasteiger partial charge in [-0.3, -0.25) is 14.4 Å². The third kappa shape index (κ3) is 4.57. The maximum absolute atomic E-state index is 12.7. The van der Waals surface area contributed by atoms with Gasteiger partial charge in [0, 0.05) is 30.4 Å². The number of para-hydroxylation sites is 1. The molecule has 3 aromatic rings. The minimum Gasteiger partial charge on any atom is -0.339 e. The molecule has 0 aliphatic rings. The van der Waals surface area contributed by atoms with Crippen LogP contribution in [0.2, 0.25) is 0 Å². The van der Waals surface area contributed by atoms with Gasteiger partial charge < -0.3 is 10.2 Å². The normalized spacial score (nSPS) is 10.4. The van der Waals surface area contributed by atoms with Gasteiger partial charge in [0.15, 0.2) is 0 Å². The van der Waals surface area contributed by atoms with Crippen molar-refractivity contribution in [1.82, 2.24) is 14.7 Å². The lowest BCUT2D eigenvalue weighted by molar-refractivity contribution is 0.0772. The summed E-state index contributed by atoms with van der Waals surface area (Å²) in [6, 6.07) is 18.3. The zero-order valence-corrected chi connectivity index (χ0v) is 16.3. The summed E-state index contributed by atoms with van der Waals surface area (Å²) >= 11 is 0. The van der Waals surface area contributed by atoms with Gasteiger partial charge in [-0.15, -0.1) is 0 Å². The number of anilines is 1. The number of benzene rings is 2. The highest BCUT2D eigenvalue weighted by Crippen LogP contribution is 2.14. The molecule has 0 unspecified atom stereocenters. The summed E-state index contributed by atoms with van der Waals surface area (Å²) in [6.07, 6.45) is 0. The molecule has 29 heavy (non-hydrogen) atoms. The summed E-state index contributed by atoms with van der Waals surface area (Å²) in [5.41, 5.74) is 1.30. The van der Waals surface area contributed by atoms with Crippen LogP contribution in [0.3, 0.4) is 0 Å². The van der Waals surface area contributed by atoms with Crippen LogP contribution in [0.1, 0.15) is 34.7 Å². The van der Waals surface area contributed by atoms with Crippen molar-refractivity contribution in [2.45, 2.75) is 13.8 Å². The Labute approximate surface area is 168 Å². The summed E-state index contributed by atoms with van der Waals surface area (Å²) in [6.45, 7) is 5.05. The monoisotopic (exact) mass is 390 g/mol. The molecule has 0 radical (unpaired) electrons. The van der Waals surface area contributed by atoms with E-state index in [1.807, 2.05) is 19.9 Å². The lowest BCUT2D eigenvalue weighted by atomic mass is 10.1. The van der Waals surface area contributed by atoms with Crippen LogP contribution in [0.5, 0.6) is 0 Å². The van der Waals surface area contributed by atoms with Gasteiger partial charge >= 0.3 is 0 Å². The van der Waals surface area contributed by atoms with Crippen molar-refractivity contribution in [2.75, 3.05) is 18.4 Å². The molecule has 7 heteroatoms. The maximum Gasteiger partial charge on any atom is 0.276 e. The number of rotatable bonds is 6. The number of amides is 2. The Balaban J connectivity index is 1.83. The number of hydrogen-bond acceptors (Lipinski definition) is 4. The van der Waals surface area contributed by atoms with Crippen LogP contribution in [0.15, 0.2) is 71.5 Å². The molecule has 2 aromatic carbocycles. The summed E-state index contributed by atoms with van der Waals surface area (Å²) in [7, 11) is 0. The van der Waals surface area contributed by atoms with Gasteiger partial charge in [0.05, 0.1) is 5.69 Å². The summed E-state index contributed by atoms with van der Waals surface area (Å²) in [5, 5.41) is 6.91. The Bertz CT molecular complexity index is 1070. The third-order valence-electron chi connectivity index (χ3n) is 4.45. The van der Waals surface area contributed by atoms with E-state index in [0.29, 0.717) is 30.0 Å². The van der Waals surface area contributed by atoms with E-state index in [9.17, 15) is 14.4 Å². The van der Waals surface area contributed by atoms with Gasteiger partial charge in [0.2, 0.25) is 0 Å². The molecule has 1 aromatic heterocycles. The minimum absolute atomic E-state index is 0.0916. The predicted molar refractivity (Wildman–Crippen MR) is 111 cm³/mol. The van der Waals surface area contributed by atoms with Gasteiger partial charge in [0.1, 0.15) is 5.69 Å². The first-order valence-corrected chi connectivity index (χ1v) is 9.40. The molecule has 1 heterocycles. The van der Waals surface area contributed by atoms with E-state index in [-0.39, 0.29) is 17.2 Å². The van der Waals surface area contributed by atoms with Crippen molar-refractivity contribution >= 4 is 17.5 Å². The van der Waals surface area contributed by atoms with Crippen molar-refractivity contribution in [3.63, 3.8) is 0 Å². The summed E-state index contributed by atoms with van der Waals surface area (Å²) in [4.78, 5) is 39.0. The molecule has 0 fully saturated rings. The fraction of sp³-hybridized carbons (Fsp3) is 0.182. The van der Waals surface area contributed by atoms with Crippen LogP contribution in [-0.2, 0) is 0 Å². The fourth-order valence-electron chi connectivity index (χ4n) is 2.90. The van der Waals surface area contributed by atoms with Crippen molar-refractivity contribution in [3.05, 3.63) is 88.3 Å². The Morgan fingerprint density at radius 3 is 2.38 bits per heavy atom. The fourth-order valence-corrected chi connectivity index (χ4v) is 2.90. The van der Waals surface area contributed by atoms with Gasteiger partial charge in [0.25, 0.3) is 17.4 Å². The maximum atomic E-state index is 12.7. The number of nitrogens with one attached hydrogen (secondary N) is 1. The highest BCUT2D eigenvalue weighted by molar-refractivity contribution is 6.03. The highest BCUT2D eigenvalue weighted by atomic mass is 16.2. The lowest BCUT2D eigenvalue weighted by Gasteiger charge is -2.19. The number of hydrogen-bond donors (Lipinski definition) is 1.